The molecule has 0 radical (unpaired) electrons. The molecule has 2 aromatic rings. The van der Waals surface area contributed by atoms with E-state index in [0.717, 1.165) is 12.1 Å². The molecule has 2 aromatic carbocycles. The number of anilines is 1. The Bertz CT molecular complexity index is 1020. The summed E-state index contributed by atoms with van der Waals surface area (Å²) in [6, 6.07) is 9.15. The summed E-state index contributed by atoms with van der Waals surface area (Å²) in [4.78, 5) is 12.1. The number of benzene rings is 2. The van der Waals surface area contributed by atoms with Gasteiger partial charge in [0.05, 0.1) is 29.3 Å². The van der Waals surface area contributed by atoms with Gasteiger partial charge in [-0.1, -0.05) is 12.1 Å². The predicted octanol–water partition coefficient (Wildman–Crippen LogP) is 2.36. The molecular weight excluding hydrogens is 444 g/mol. The van der Waals surface area contributed by atoms with Crippen LogP contribution in [0.3, 0.4) is 0 Å². The van der Waals surface area contributed by atoms with Crippen LogP contribution in [0, 0.1) is 11.6 Å². The van der Waals surface area contributed by atoms with Crippen molar-refractivity contribution in [2.24, 2.45) is 0 Å². The number of ether oxygens (including phenoxy) is 1. The van der Waals surface area contributed by atoms with Crippen LogP contribution >= 0.6 is 0 Å². The zero-order chi connectivity index (χ0) is 23.1. The summed E-state index contributed by atoms with van der Waals surface area (Å²) in [5.74, 6) is -1.09. The lowest BCUT2D eigenvalue weighted by Gasteiger charge is -2.36. The Morgan fingerprint density at radius 1 is 1.09 bits per heavy atom. The number of sulfonamides is 1. The number of para-hydroxylation sites is 1. The fourth-order valence-corrected chi connectivity index (χ4v) is 4.50. The van der Waals surface area contributed by atoms with Crippen molar-refractivity contribution in [3.8, 4) is 0 Å². The third kappa shape index (κ3) is 6.45. The summed E-state index contributed by atoms with van der Waals surface area (Å²) in [5.41, 5.74) is 0.0357. The van der Waals surface area contributed by atoms with E-state index in [-0.39, 0.29) is 29.8 Å². The normalized spacial score (nSPS) is 21.2. The number of aliphatic hydroxyl groups is 1. The van der Waals surface area contributed by atoms with Crippen molar-refractivity contribution >= 4 is 21.7 Å². The number of urea groups is 1. The lowest BCUT2D eigenvalue weighted by molar-refractivity contribution is -0.0884. The van der Waals surface area contributed by atoms with Gasteiger partial charge in [-0.05, 0) is 55.7 Å². The Morgan fingerprint density at radius 2 is 1.81 bits per heavy atom. The highest BCUT2D eigenvalue weighted by Gasteiger charge is 2.32. The molecule has 4 N–H and O–H groups in total. The van der Waals surface area contributed by atoms with Gasteiger partial charge in [0, 0.05) is 6.54 Å². The van der Waals surface area contributed by atoms with Crippen molar-refractivity contribution in [3.63, 3.8) is 0 Å². The van der Waals surface area contributed by atoms with E-state index in [4.69, 9.17) is 4.74 Å². The first-order valence-electron chi connectivity index (χ1n) is 10.1. The van der Waals surface area contributed by atoms with Crippen LogP contribution in [0.2, 0.25) is 0 Å². The summed E-state index contributed by atoms with van der Waals surface area (Å²) in [5, 5.41) is 14.8. The summed E-state index contributed by atoms with van der Waals surface area (Å²) in [7, 11) is -3.77. The average molecular weight is 470 g/mol. The molecule has 0 aliphatic carbocycles. The molecule has 0 saturated carbocycles. The molecule has 11 heteroatoms. The van der Waals surface area contributed by atoms with Crippen molar-refractivity contribution in [2.45, 2.75) is 42.4 Å². The molecule has 1 aliphatic rings. The molecule has 1 heterocycles. The van der Waals surface area contributed by atoms with Crippen molar-refractivity contribution in [3.05, 3.63) is 60.2 Å². The summed E-state index contributed by atoms with van der Waals surface area (Å²) < 4.78 is 59.4. The number of nitrogens with one attached hydrogen (secondary N) is 3. The Kier molecular flexibility index (Phi) is 8.13. The van der Waals surface area contributed by atoms with Crippen LogP contribution in [0.15, 0.2) is 53.4 Å². The monoisotopic (exact) mass is 469 g/mol. The molecule has 1 aliphatic heterocycles. The Balaban J connectivity index is 1.47. The van der Waals surface area contributed by atoms with Gasteiger partial charge in [-0.2, -0.15) is 0 Å². The van der Waals surface area contributed by atoms with Gasteiger partial charge in [-0.25, -0.2) is 26.7 Å². The van der Waals surface area contributed by atoms with Crippen LogP contribution < -0.4 is 15.4 Å². The van der Waals surface area contributed by atoms with Crippen molar-refractivity contribution in [1.29, 1.82) is 0 Å². The van der Waals surface area contributed by atoms with Crippen LogP contribution in [0.1, 0.15) is 19.3 Å². The number of aliphatic hydroxyl groups excluding tert-OH is 1. The number of hydrogen-bond acceptors (Lipinski definition) is 5. The fraction of sp³-hybridized carbons (Fsp3) is 0.381. The number of halogens is 2. The summed E-state index contributed by atoms with van der Waals surface area (Å²) in [6.45, 7) is -0.253. The van der Waals surface area contributed by atoms with Gasteiger partial charge in [0.1, 0.15) is 17.7 Å². The van der Waals surface area contributed by atoms with Gasteiger partial charge < -0.3 is 20.5 Å². The minimum atomic E-state index is -3.77. The molecule has 0 aromatic heterocycles. The smallest absolute Gasteiger partial charge is 0.319 e. The second-order valence-corrected chi connectivity index (χ2v) is 9.15. The van der Waals surface area contributed by atoms with E-state index in [1.807, 2.05) is 0 Å². The number of carbonyl (C=O) groups excluding carboxylic acids is 1. The number of carbonyl (C=O) groups is 1. The number of amides is 2. The first-order valence-corrected chi connectivity index (χ1v) is 11.6. The topological polar surface area (TPSA) is 117 Å². The van der Waals surface area contributed by atoms with E-state index < -0.39 is 39.8 Å². The number of hydrogen-bond donors (Lipinski definition) is 4. The van der Waals surface area contributed by atoms with Gasteiger partial charge >= 0.3 is 6.03 Å². The van der Waals surface area contributed by atoms with E-state index in [0.29, 0.717) is 19.3 Å². The van der Waals surface area contributed by atoms with Crippen LogP contribution in [-0.4, -0.2) is 51.0 Å². The second-order valence-electron chi connectivity index (χ2n) is 7.38. The standard InChI is InChI=1S/C21H25F2N3O5S/c22-14-5-8-16(9-6-14)32(29,30)24-12-11-15-7-10-19(20(13-27)31-15)26-21(28)25-18-4-2-1-3-17(18)23/h1-6,8-9,15,19-20,24,27H,7,10-13H2,(H2,25,26,28)/t15-,19-,20-/m0/s1. The Hall–Kier alpha value is -2.60. The first-order chi connectivity index (χ1) is 15.3. The molecule has 8 nitrogen and oxygen atoms in total. The SMILES string of the molecule is O=C(Nc1ccccc1F)N[C@H]1CC[C@@H](CCNS(=O)(=O)c2ccc(F)cc2)O[C@H]1CO. The zero-order valence-corrected chi connectivity index (χ0v) is 17.9. The molecule has 2 amide bonds. The molecule has 3 rings (SSSR count). The quantitative estimate of drug-likeness (QED) is 0.474. The van der Waals surface area contributed by atoms with E-state index in [1.165, 1.54) is 30.3 Å². The molecule has 3 atom stereocenters. The van der Waals surface area contributed by atoms with Crippen molar-refractivity contribution in [1.82, 2.24) is 10.0 Å². The summed E-state index contributed by atoms with van der Waals surface area (Å²) in [6.07, 6.45) is 0.361. The fourth-order valence-electron chi connectivity index (χ4n) is 3.45. The Morgan fingerprint density at radius 3 is 2.50 bits per heavy atom. The minimum Gasteiger partial charge on any atom is -0.394 e. The van der Waals surface area contributed by atoms with Crippen molar-refractivity contribution in [2.75, 3.05) is 18.5 Å². The van der Waals surface area contributed by atoms with Gasteiger partial charge in [0.15, 0.2) is 0 Å². The second kappa shape index (κ2) is 10.8. The van der Waals surface area contributed by atoms with E-state index in [2.05, 4.69) is 15.4 Å². The van der Waals surface area contributed by atoms with E-state index >= 15 is 0 Å². The van der Waals surface area contributed by atoms with Gasteiger partial charge in [0.2, 0.25) is 10.0 Å². The zero-order valence-electron chi connectivity index (χ0n) is 17.1. The van der Waals surface area contributed by atoms with Gasteiger partial charge in [0.25, 0.3) is 0 Å². The first kappa shape index (κ1) is 24.1. The predicted molar refractivity (Wildman–Crippen MR) is 114 cm³/mol. The highest BCUT2D eigenvalue weighted by Crippen LogP contribution is 2.22. The minimum absolute atomic E-state index is 0.0357. The molecule has 0 bridgehead atoms. The highest BCUT2D eigenvalue weighted by molar-refractivity contribution is 7.89. The van der Waals surface area contributed by atoms with Crippen LogP contribution in [-0.2, 0) is 14.8 Å². The van der Waals surface area contributed by atoms with E-state index in [9.17, 15) is 27.1 Å². The lowest BCUT2D eigenvalue weighted by Crippen LogP contribution is -2.52. The molecule has 0 unspecified atom stereocenters. The highest BCUT2D eigenvalue weighted by atomic mass is 32.2. The van der Waals surface area contributed by atoms with Crippen LogP contribution in [0.4, 0.5) is 19.3 Å². The Labute approximate surface area is 185 Å². The lowest BCUT2D eigenvalue weighted by atomic mass is 9.97. The van der Waals surface area contributed by atoms with Gasteiger partial charge in [-0.15, -0.1) is 0 Å². The number of rotatable bonds is 8. The molecular formula is C21H25F2N3O5S. The molecule has 174 valence electrons. The molecule has 32 heavy (non-hydrogen) atoms. The maximum Gasteiger partial charge on any atom is 0.319 e. The average Bonchev–Trinajstić information content (AvgIpc) is 2.76. The summed E-state index contributed by atoms with van der Waals surface area (Å²) >= 11 is 0. The maximum atomic E-state index is 13.7. The van der Waals surface area contributed by atoms with E-state index in [1.54, 1.807) is 6.07 Å². The molecule has 1 saturated heterocycles. The van der Waals surface area contributed by atoms with Gasteiger partial charge in [-0.3, -0.25) is 0 Å². The van der Waals surface area contributed by atoms with Crippen LogP contribution in [0.5, 0.6) is 0 Å². The largest absolute Gasteiger partial charge is 0.394 e. The molecule has 1 fully saturated rings. The third-order valence-electron chi connectivity index (χ3n) is 5.12. The van der Waals surface area contributed by atoms with Crippen molar-refractivity contribution < 1.29 is 31.8 Å². The molecule has 0 spiro atoms. The van der Waals surface area contributed by atoms with Crippen LogP contribution in [0.25, 0.3) is 0 Å². The third-order valence-corrected chi connectivity index (χ3v) is 6.59. The maximum absolute atomic E-state index is 13.7.